The number of hydrogen-bond acceptors (Lipinski definition) is 3. The van der Waals surface area contributed by atoms with Crippen molar-refractivity contribution in [2.45, 2.75) is 24.6 Å². The van der Waals surface area contributed by atoms with Crippen molar-refractivity contribution in [3.8, 4) is 0 Å². The lowest BCUT2D eigenvalue weighted by Crippen LogP contribution is -2.34. The largest absolute Gasteiger partial charge is 0.394 e. The smallest absolute Gasteiger partial charge is 0.246 e. The Kier molecular flexibility index (Phi) is 3.03. The van der Waals surface area contributed by atoms with Crippen molar-refractivity contribution in [1.82, 2.24) is 0 Å². The van der Waals surface area contributed by atoms with Crippen LogP contribution in [0.2, 0.25) is 0 Å². The number of halogens is 2. The molecule has 0 unspecified atom stereocenters. The molecule has 1 heterocycles. The molecular formula is C6H9BF2O3. The summed E-state index contributed by atoms with van der Waals surface area (Å²) in [4.78, 5) is 0. The number of hydrogen-bond donors (Lipinski definition) is 2. The lowest BCUT2D eigenvalue weighted by atomic mass is 9.88. The molecule has 0 bridgehead atoms. The maximum Gasteiger partial charge on any atom is 0.246 e. The molecule has 12 heavy (non-hydrogen) atoms. The minimum atomic E-state index is -2.73. The second-order valence-corrected chi connectivity index (χ2v) is 2.72. The highest BCUT2D eigenvalue weighted by molar-refractivity contribution is 6.11. The molecule has 2 N–H and O–H groups in total. The van der Waals surface area contributed by atoms with Gasteiger partial charge in [-0.1, -0.05) is 0 Å². The van der Waals surface area contributed by atoms with E-state index < -0.39 is 37.2 Å². The Balaban J connectivity index is 2.66. The fraction of sp³-hybridized carbons (Fsp3) is 1.00. The van der Waals surface area contributed by atoms with Gasteiger partial charge in [0.2, 0.25) is 6.43 Å². The van der Waals surface area contributed by atoms with E-state index in [1.807, 2.05) is 0 Å². The summed E-state index contributed by atoms with van der Waals surface area (Å²) in [5, 5.41) is 17.7. The molecule has 0 aromatic rings. The zero-order valence-corrected chi connectivity index (χ0v) is 6.23. The van der Waals surface area contributed by atoms with E-state index in [0.717, 1.165) is 0 Å². The highest BCUT2D eigenvalue weighted by Crippen LogP contribution is 2.30. The molecule has 1 rings (SSSR count). The average molecular weight is 178 g/mol. The quantitative estimate of drug-likeness (QED) is 0.539. The molecular weight excluding hydrogens is 169 g/mol. The van der Waals surface area contributed by atoms with Crippen LogP contribution in [0.15, 0.2) is 0 Å². The molecule has 0 aromatic carbocycles. The number of aliphatic hydroxyl groups is 2. The van der Waals surface area contributed by atoms with Crippen molar-refractivity contribution in [1.29, 1.82) is 0 Å². The summed E-state index contributed by atoms with van der Waals surface area (Å²) in [5.41, 5.74) is 0. The zero-order valence-electron chi connectivity index (χ0n) is 6.23. The van der Waals surface area contributed by atoms with Crippen LogP contribution >= 0.6 is 0 Å². The Hall–Kier alpha value is -0.195. The molecule has 6 heteroatoms. The number of rotatable bonds is 2. The Morgan fingerprint density at radius 1 is 1.50 bits per heavy atom. The molecule has 0 spiro atoms. The first-order valence-electron chi connectivity index (χ1n) is 3.56. The van der Waals surface area contributed by atoms with E-state index in [0.29, 0.717) is 0 Å². The predicted molar refractivity (Wildman–Crippen MR) is 37.0 cm³/mol. The van der Waals surface area contributed by atoms with Crippen molar-refractivity contribution in [3.05, 3.63) is 0 Å². The fourth-order valence-electron chi connectivity index (χ4n) is 1.29. The summed E-state index contributed by atoms with van der Waals surface area (Å²) >= 11 is 0. The molecule has 1 aliphatic heterocycles. The van der Waals surface area contributed by atoms with Crippen molar-refractivity contribution in [2.24, 2.45) is 5.92 Å². The number of aliphatic hydroxyl groups excluding tert-OH is 2. The van der Waals surface area contributed by atoms with Gasteiger partial charge in [-0.2, -0.15) is 0 Å². The predicted octanol–water partition coefficient (Wildman–Crippen LogP) is -0.886. The summed E-state index contributed by atoms with van der Waals surface area (Å²) in [6.45, 7) is -0.556. The van der Waals surface area contributed by atoms with Gasteiger partial charge >= 0.3 is 0 Å². The van der Waals surface area contributed by atoms with Crippen LogP contribution in [0.1, 0.15) is 0 Å². The Labute approximate surface area is 69.7 Å². The van der Waals surface area contributed by atoms with E-state index in [2.05, 4.69) is 0 Å². The summed E-state index contributed by atoms with van der Waals surface area (Å²) in [6.07, 6.45) is -5.19. The van der Waals surface area contributed by atoms with Crippen molar-refractivity contribution >= 4 is 7.85 Å². The van der Waals surface area contributed by atoms with Crippen LogP contribution < -0.4 is 0 Å². The SMILES string of the molecule is [B][C@@H]1O[C@H](CO)[C@@H](C(F)F)[C@H]1O. The number of ether oxygens (including phenoxy) is 1. The van der Waals surface area contributed by atoms with Gasteiger partial charge in [-0.15, -0.1) is 0 Å². The molecule has 4 atom stereocenters. The summed E-state index contributed by atoms with van der Waals surface area (Å²) in [7, 11) is 5.16. The van der Waals surface area contributed by atoms with Gasteiger partial charge in [0.1, 0.15) is 7.85 Å². The molecule has 0 aliphatic carbocycles. The van der Waals surface area contributed by atoms with Crippen LogP contribution in [0.4, 0.5) is 8.78 Å². The van der Waals surface area contributed by atoms with Gasteiger partial charge in [-0.25, -0.2) is 8.78 Å². The average Bonchev–Trinajstić information content (AvgIpc) is 2.28. The van der Waals surface area contributed by atoms with E-state index >= 15 is 0 Å². The first kappa shape index (κ1) is 9.89. The van der Waals surface area contributed by atoms with Gasteiger partial charge in [-0.05, 0) is 0 Å². The molecule has 0 aromatic heterocycles. The Morgan fingerprint density at radius 3 is 2.42 bits per heavy atom. The van der Waals surface area contributed by atoms with Crippen molar-refractivity contribution in [2.75, 3.05) is 6.61 Å². The molecule has 1 fully saturated rings. The van der Waals surface area contributed by atoms with Gasteiger partial charge < -0.3 is 14.9 Å². The van der Waals surface area contributed by atoms with E-state index in [9.17, 15) is 8.78 Å². The second-order valence-electron chi connectivity index (χ2n) is 2.72. The standard InChI is InChI=1S/C6H9BF2O3/c7-5-4(11)3(6(8)9)2(1-10)12-5/h2-6,10-11H,1H2/t2-,3-,4-,5-/m1/s1. The summed E-state index contributed by atoms with van der Waals surface area (Å²) in [5.74, 6) is -1.38. The van der Waals surface area contributed by atoms with Gasteiger partial charge in [-0.3, -0.25) is 0 Å². The third kappa shape index (κ3) is 1.60. The molecule has 0 saturated carbocycles. The Morgan fingerprint density at radius 2 is 2.08 bits per heavy atom. The van der Waals surface area contributed by atoms with Crippen LogP contribution in [-0.2, 0) is 4.74 Å². The fourth-order valence-corrected chi connectivity index (χ4v) is 1.29. The zero-order chi connectivity index (χ0) is 9.30. The van der Waals surface area contributed by atoms with Crippen LogP contribution in [0.5, 0.6) is 0 Å². The van der Waals surface area contributed by atoms with Gasteiger partial charge in [0.05, 0.1) is 24.7 Å². The molecule has 1 aliphatic rings. The summed E-state index contributed by atoms with van der Waals surface area (Å²) < 4.78 is 29.1. The topological polar surface area (TPSA) is 49.7 Å². The van der Waals surface area contributed by atoms with Gasteiger partial charge in [0.15, 0.2) is 0 Å². The maximum atomic E-state index is 12.2. The van der Waals surface area contributed by atoms with E-state index in [1.165, 1.54) is 0 Å². The third-order valence-electron chi connectivity index (χ3n) is 1.96. The van der Waals surface area contributed by atoms with Crippen molar-refractivity contribution in [3.63, 3.8) is 0 Å². The van der Waals surface area contributed by atoms with Crippen LogP contribution in [-0.4, -0.2) is 49.3 Å². The monoisotopic (exact) mass is 178 g/mol. The number of alkyl halides is 2. The Bertz CT molecular complexity index is 158. The molecule has 1 saturated heterocycles. The minimum absolute atomic E-state index is 0.556. The lowest BCUT2D eigenvalue weighted by Gasteiger charge is -2.17. The van der Waals surface area contributed by atoms with Crippen LogP contribution in [0, 0.1) is 5.92 Å². The van der Waals surface area contributed by atoms with Gasteiger partial charge in [0, 0.05) is 6.00 Å². The normalized spacial score (nSPS) is 42.4. The van der Waals surface area contributed by atoms with Crippen LogP contribution in [0.3, 0.4) is 0 Å². The highest BCUT2D eigenvalue weighted by Gasteiger charge is 2.45. The van der Waals surface area contributed by atoms with Gasteiger partial charge in [0.25, 0.3) is 0 Å². The minimum Gasteiger partial charge on any atom is -0.394 e. The summed E-state index contributed by atoms with van der Waals surface area (Å²) in [6, 6.07) is -1.12. The molecule has 3 nitrogen and oxygen atoms in total. The second kappa shape index (κ2) is 3.68. The van der Waals surface area contributed by atoms with E-state index in [1.54, 1.807) is 0 Å². The molecule has 0 amide bonds. The molecule has 68 valence electrons. The lowest BCUT2D eigenvalue weighted by molar-refractivity contribution is -0.0269. The molecule has 2 radical (unpaired) electrons. The van der Waals surface area contributed by atoms with E-state index in [-0.39, 0.29) is 0 Å². The first-order valence-corrected chi connectivity index (χ1v) is 3.56. The first-order chi connectivity index (χ1) is 5.57. The highest BCUT2D eigenvalue weighted by atomic mass is 19.3. The third-order valence-corrected chi connectivity index (χ3v) is 1.96. The van der Waals surface area contributed by atoms with Crippen molar-refractivity contribution < 1.29 is 23.7 Å². The maximum absolute atomic E-state index is 12.2. The van der Waals surface area contributed by atoms with Crippen LogP contribution in [0.25, 0.3) is 0 Å². The van der Waals surface area contributed by atoms with E-state index in [4.69, 9.17) is 22.8 Å².